The molecule has 7 heteroatoms. The van der Waals surface area contributed by atoms with Gasteiger partial charge in [-0.25, -0.2) is 0 Å². The Hall–Kier alpha value is -2.12. The molecule has 1 atom stereocenters. The molecule has 1 N–H and O–H groups in total. The van der Waals surface area contributed by atoms with Gasteiger partial charge in [0.15, 0.2) is 0 Å². The van der Waals surface area contributed by atoms with Crippen LogP contribution in [0.3, 0.4) is 0 Å². The van der Waals surface area contributed by atoms with Gasteiger partial charge in [-0.3, -0.25) is 14.5 Å². The number of piperidine rings is 1. The molecule has 0 bridgehead atoms. The van der Waals surface area contributed by atoms with E-state index in [2.05, 4.69) is 0 Å². The molecule has 0 spiro atoms. The molecule has 0 aromatic heterocycles. The third-order valence-electron chi connectivity index (χ3n) is 5.55. The number of carbonyl (C=O) groups excluding carboxylic acids is 1. The zero-order chi connectivity index (χ0) is 19.9. The highest BCUT2D eigenvalue weighted by atomic mass is 16.5. The van der Waals surface area contributed by atoms with Crippen LogP contribution in [0.5, 0.6) is 5.75 Å². The van der Waals surface area contributed by atoms with Crippen molar-refractivity contribution in [3.8, 4) is 5.75 Å². The molecule has 1 aromatic carbocycles. The summed E-state index contributed by atoms with van der Waals surface area (Å²) in [7, 11) is 0. The van der Waals surface area contributed by atoms with Crippen molar-refractivity contribution in [3.63, 3.8) is 0 Å². The first-order valence-electron chi connectivity index (χ1n) is 10.2. The number of aliphatic carboxylic acids is 1. The number of amides is 1. The molecule has 1 amide bonds. The number of carboxylic acid groups (broad SMARTS) is 1. The van der Waals surface area contributed by atoms with Crippen LogP contribution in [-0.2, 0) is 9.53 Å². The summed E-state index contributed by atoms with van der Waals surface area (Å²) in [6.45, 7) is 5.32. The van der Waals surface area contributed by atoms with Gasteiger partial charge >= 0.3 is 5.97 Å². The van der Waals surface area contributed by atoms with Crippen molar-refractivity contribution >= 4 is 11.9 Å². The van der Waals surface area contributed by atoms with Gasteiger partial charge < -0.3 is 19.5 Å². The second-order valence-corrected chi connectivity index (χ2v) is 7.45. The van der Waals surface area contributed by atoms with E-state index in [-0.39, 0.29) is 24.6 Å². The lowest BCUT2D eigenvalue weighted by Gasteiger charge is -2.37. The second kappa shape index (κ2) is 9.89. The van der Waals surface area contributed by atoms with Gasteiger partial charge in [0, 0.05) is 31.3 Å². The van der Waals surface area contributed by atoms with Gasteiger partial charge in [0.25, 0.3) is 5.91 Å². The number of hydrogen-bond donors (Lipinski definition) is 1. The van der Waals surface area contributed by atoms with Crippen LogP contribution in [0.4, 0.5) is 0 Å². The van der Waals surface area contributed by atoms with E-state index >= 15 is 0 Å². The predicted octanol–water partition coefficient (Wildman–Crippen LogP) is 2.26. The number of benzene rings is 1. The quantitative estimate of drug-likeness (QED) is 0.734. The van der Waals surface area contributed by atoms with Gasteiger partial charge in [0.2, 0.25) is 0 Å². The van der Waals surface area contributed by atoms with Crippen molar-refractivity contribution in [3.05, 3.63) is 29.8 Å². The highest BCUT2D eigenvalue weighted by Crippen LogP contribution is 2.21. The first-order valence-corrected chi connectivity index (χ1v) is 10.2. The SMILES string of the molecule is CCN(CC(=O)O)C1CCN(C(=O)c2cccc(OCC3CCCO3)c2)CC1. The summed E-state index contributed by atoms with van der Waals surface area (Å²) in [5, 5.41) is 9.05. The van der Waals surface area contributed by atoms with Crippen LogP contribution in [0.15, 0.2) is 24.3 Å². The van der Waals surface area contributed by atoms with Crippen molar-refractivity contribution in [2.45, 2.75) is 44.8 Å². The summed E-state index contributed by atoms with van der Waals surface area (Å²) in [6, 6.07) is 7.54. The summed E-state index contributed by atoms with van der Waals surface area (Å²) < 4.78 is 11.4. The van der Waals surface area contributed by atoms with Crippen LogP contribution in [0.2, 0.25) is 0 Å². The number of rotatable bonds is 8. The third kappa shape index (κ3) is 5.45. The Morgan fingerprint density at radius 2 is 2.07 bits per heavy atom. The van der Waals surface area contributed by atoms with Crippen molar-refractivity contribution < 1.29 is 24.2 Å². The fourth-order valence-corrected chi connectivity index (χ4v) is 3.97. The van der Waals surface area contributed by atoms with Crippen molar-refractivity contribution in [2.24, 2.45) is 0 Å². The van der Waals surface area contributed by atoms with Crippen molar-refractivity contribution in [2.75, 3.05) is 39.4 Å². The third-order valence-corrected chi connectivity index (χ3v) is 5.55. The van der Waals surface area contributed by atoms with Crippen LogP contribution >= 0.6 is 0 Å². The summed E-state index contributed by atoms with van der Waals surface area (Å²) in [4.78, 5) is 27.7. The molecule has 2 aliphatic rings. The van der Waals surface area contributed by atoms with E-state index in [9.17, 15) is 9.59 Å². The van der Waals surface area contributed by atoms with Crippen molar-refractivity contribution in [1.82, 2.24) is 9.80 Å². The van der Waals surface area contributed by atoms with Gasteiger partial charge in [-0.05, 0) is 50.4 Å². The number of ether oxygens (including phenoxy) is 2. The van der Waals surface area contributed by atoms with E-state index in [4.69, 9.17) is 14.6 Å². The van der Waals surface area contributed by atoms with Crippen LogP contribution in [0.1, 0.15) is 43.0 Å². The van der Waals surface area contributed by atoms with Crippen LogP contribution < -0.4 is 4.74 Å². The zero-order valence-electron chi connectivity index (χ0n) is 16.5. The monoisotopic (exact) mass is 390 g/mol. The summed E-state index contributed by atoms with van der Waals surface area (Å²) >= 11 is 0. The molecule has 1 aromatic rings. The van der Waals surface area contributed by atoms with Crippen LogP contribution in [-0.4, -0.2) is 78.3 Å². The highest BCUT2D eigenvalue weighted by molar-refractivity contribution is 5.94. The number of likely N-dealkylation sites (tertiary alicyclic amines) is 1. The van der Waals surface area contributed by atoms with Gasteiger partial charge in [0.05, 0.1) is 12.6 Å². The van der Waals surface area contributed by atoms with E-state index in [1.165, 1.54) is 0 Å². The Labute approximate surface area is 166 Å². The standard InChI is InChI=1S/C21H30N2O5/c1-2-22(14-20(24)25)17-8-10-23(11-9-17)21(26)16-5-3-6-18(13-16)28-15-19-7-4-12-27-19/h3,5-6,13,17,19H,2,4,7-12,14-15H2,1H3,(H,24,25). The molecular weight excluding hydrogens is 360 g/mol. The zero-order valence-corrected chi connectivity index (χ0v) is 16.5. The molecule has 7 nitrogen and oxygen atoms in total. The molecule has 2 aliphatic heterocycles. The number of carbonyl (C=O) groups is 2. The molecule has 0 saturated carbocycles. The molecule has 0 radical (unpaired) electrons. The van der Waals surface area contributed by atoms with Gasteiger partial charge in [0.1, 0.15) is 12.4 Å². The number of carboxylic acids is 1. The minimum atomic E-state index is -0.805. The fraction of sp³-hybridized carbons (Fsp3) is 0.619. The average Bonchev–Trinajstić information content (AvgIpc) is 3.24. The fourth-order valence-electron chi connectivity index (χ4n) is 3.97. The number of hydrogen-bond acceptors (Lipinski definition) is 5. The number of likely N-dealkylation sites (N-methyl/N-ethyl adjacent to an activating group) is 1. The van der Waals surface area contributed by atoms with E-state index in [1.54, 1.807) is 6.07 Å². The maximum atomic E-state index is 12.9. The second-order valence-electron chi connectivity index (χ2n) is 7.45. The Kier molecular flexibility index (Phi) is 7.28. The first kappa shape index (κ1) is 20.6. The van der Waals surface area contributed by atoms with Crippen LogP contribution in [0.25, 0.3) is 0 Å². The van der Waals surface area contributed by atoms with Gasteiger partial charge in [-0.1, -0.05) is 13.0 Å². The predicted molar refractivity (Wildman–Crippen MR) is 105 cm³/mol. The van der Waals surface area contributed by atoms with Gasteiger partial charge in [-0.2, -0.15) is 0 Å². The Morgan fingerprint density at radius 3 is 2.71 bits per heavy atom. The highest BCUT2D eigenvalue weighted by Gasteiger charge is 2.28. The number of nitrogens with zero attached hydrogens (tertiary/aromatic N) is 2. The lowest BCUT2D eigenvalue weighted by Crippen LogP contribution is -2.48. The first-order chi connectivity index (χ1) is 13.6. The average molecular weight is 390 g/mol. The van der Waals surface area contributed by atoms with E-state index in [1.807, 2.05) is 34.9 Å². The summed E-state index contributed by atoms with van der Waals surface area (Å²) in [5.41, 5.74) is 0.626. The maximum absolute atomic E-state index is 12.9. The van der Waals surface area contributed by atoms with Crippen molar-refractivity contribution in [1.29, 1.82) is 0 Å². The molecule has 1 unspecified atom stereocenters. The smallest absolute Gasteiger partial charge is 0.317 e. The maximum Gasteiger partial charge on any atom is 0.317 e. The molecular formula is C21H30N2O5. The van der Waals surface area contributed by atoms with Gasteiger partial charge in [-0.15, -0.1) is 0 Å². The molecule has 154 valence electrons. The largest absolute Gasteiger partial charge is 0.491 e. The molecule has 28 heavy (non-hydrogen) atoms. The van der Waals surface area contributed by atoms with E-state index < -0.39 is 5.97 Å². The Bertz CT molecular complexity index is 667. The van der Waals surface area contributed by atoms with Crippen LogP contribution in [0, 0.1) is 0 Å². The Morgan fingerprint density at radius 1 is 1.29 bits per heavy atom. The molecule has 3 rings (SSSR count). The van der Waals surface area contributed by atoms with E-state index in [0.29, 0.717) is 37.6 Å². The summed E-state index contributed by atoms with van der Waals surface area (Å²) in [6.07, 6.45) is 3.82. The minimum Gasteiger partial charge on any atom is -0.491 e. The molecule has 2 heterocycles. The molecule has 2 saturated heterocycles. The Balaban J connectivity index is 1.53. The normalized spacial score (nSPS) is 20.5. The van der Waals surface area contributed by atoms with E-state index in [0.717, 1.165) is 32.3 Å². The molecule has 2 fully saturated rings. The molecule has 0 aliphatic carbocycles. The topological polar surface area (TPSA) is 79.3 Å². The summed E-state index contributed by atoms with van der Waals surface area (Å²) in [5.74, 6) is -0.114. The minimum absolute atomic E-state index is 0.00213. The lowest BCUT2D eigenvalue weighted by molar-refractivity contribution is -0.139. The lowest BCUT2D eigenvalue weighted by atomic mass is 10.0.